The average Bonchev–Trinajstić information content (AvgIpc) is 2.41. The summed E-state index contributed by atoms with van der Waals surface area (Å²) >= 11 is 0. The lowest BCUT2D eigenvalue weighted by Crippen LogP contribution is -2.19. The van der Waals surface area contributed by atoms with Gasteiger partial charge in [-0.05, 0) is 19.5 Å². The molecule has 0 saturated heterocycles. The zero-order valence-electron chi connectivity index (χ0n) is 11.1. The van der Waals surface area contributed by atoms with Crippen molar-refractivity contribution in [2.45, 2.75) is 6.42 Å². The average molecular weight is 286 g/mol. The Hall–Kier alpha value is -1.39. The van der Waals surface area contributed by atoms with Crippen LogP contribution in [0.5, 0.6) is 17.2 Å². The van der Waals surface area contributed by atoms with Gasteiger partial charge in [0.1, 0.15) is 19.8 Å². The third-order valence-electron chi connectivity index (χ3n) is 2.71. The van der Waals surface area contributed by atoms with Crippen LogP contribution in [-0.4, -0.2) is 33.4 Å². The normalized spacial score (nSPS) is 12.5. The summed E-state index contributed by atoms with van der Waals surface area (Å²) in [5, 5.41) is 3.05. The largest absolute Gasteiger partial charge is 0.488 e. The number of benzene rings is 1. The molecular weight excluding hydrogens is 266 g/mol. The number of nitrogens with one attached hydrogen (secondary N) is 1. The van der Waals surface area contributed by atoms with E-state index in [9.17, 15) is 0 Å². The second-order valence-corrected chi connectivity index (χ2v) is 4.02. The minimum atomic E-state index is 0. The maximum absolute atomic E-state index is 5.81. The lowest BCUT2D eigenvalue weighted by Gasteiger charge is -2.22. The first-order valence-corrected chi connectivity index (χ1v) is 6.16. The number of allylic oxidation sites excluding steroid dienone is 1. The highest BCUT2D eigenvalue weighted by molar-refractivity contribution is 5.85. The minimum absolute atomic E-state index is 0. The predicted molar refractivity (Wildman–Crippen MR) is 78.0 cm³/mol. The molecule has 0 fully saturated rings. The van der Waals surface area contributed by atoms with Gasteiger partial charge in [-0.15, -0.1) is 19.0 Å². The summed E-state index contributed by atoms with van der Waals surface area (Å²) in [6.07, 6.45) is 2.61. The molecule has 1 aliphatic heterocycles. The van der Waals surface area contributed by atoms with Gasteiger partial charge in [0.25, 0.3) is 0 Å². The highest BCUT2D eigenvalue weighted by Gasteiger charge is 2.20. The van der Waals surface area contributed by atoms with E-state index in [0.717, 1.165) is 35.8 Å². The number of rotatable bonds is 6. The Morgan fingerprint density at radius 2 is 2.16 bits per heavy atom. The lowest BCUT2D eigenvalue weighted by molar-refractivity contribution is 0.161. The summed E-state index contributed by atoms with van der Waals surface area (Å²) in [5.74, 6) is 2.26. The quantitative estimate of drug-likeness (QED) is 0.643. The summed E-state index contributed by atoms with van der Waals surface area (Å²) in [4.78, 5) is 0. The number of likely N-dealkylation sites (N-methyl/N-ethyl adjacent to an activating group) is 1. The van der Waals surface area contributed by atoms with Crippen LogP contribution >= 0.6 is 12.4 Å². The van der Waals surface area contributed by atoms with Crippen molar-refractivity contribution in [3.05, 3.63) is 30.4 Å². The molecule has 0 aromatic heterocycles. The molecule has 2 rings (SSSR count). The van der Waals surface area contributed by atoms with Gasteiger partial charge in [-0.1, -0.05) is 12.1 Å². The molecule has 0 atom stereocenters. The minimum Gasteiger partial charge on any atom is -0.488 e. The Morgan fingerprint density at radius 3 is 2.89 bits per heavy atom. The van der Waals surface area contributed by atoms with Crippen molar-refractivity contribution in [1.82, 2.24) is 5.32 Å². The molecule has 0 spiro atoms. The van der Waals surface area contributed by atoms with Crippen molar-refractivity contribution in [2.75, 3.05) is 33.4 Å². The third kappa shape index (κ3) is 3.78. The van der Waals surface area contributed by atoms with Crippen molar-refractivity contribution in [3.8, 4) is 17.2 Å². The molecule has 1 aromatic carbocycles. The smallest absolute Gasteiger partial charge is 0.204 e. The third-order valence-corrected chi connectivity index (χ3v) is 2.71. The fraction of sp³-hybridized carbons (Fsp3) is 0.429. The molecule has 0 bridgehead atoms. The number of hydrogen-bond acceptors (Lipinski definition) is 4. The number of hydrogen-bond donors (Lipinski definition) is 1. The van der Waals surface area contributed by atoms with Crippen LogP contribution in [0.2, 0.25) is 0 Å². The number of ether oxygens (including phenoxy) is 3. The number of fused-ring (bicyclic) bond motifs is 1. The second kappa shape index (κ2) is 7.92. The van der Waals surface area contributed by atoms with Crippen LogP contribution in [0.1, 0.15) is 5.56 Å². The molecule has 0 aliphatic carbocycles. The molecule has 106 valence electrons. The topological polar surface area (TPSA) is 39.7 Å². The summed E-state index contributed by atoms with van der Waals surface area (Å²) in [7, 11) is 1.90. The van der Waals surface area contributed by atoms with Gasteiger partial charge in [0.2, 0.25) is 5.75 Å². The molecule has 0 amide bonds. The fourth-order valence-corrected chi connectivity index (χ4v) is 1.86. The van der Waals surface area contributed by atoms with Gasteiger partial charge >= 0.3 is 0 Å². The van der Waals surface area contributed by atoms with Crippen molar-refractivity contribution in [1.29, 1.82) is 0 Å². The van der Waals surface area contributed by atoms with Crippen LogP contribution < -0.4 is 19.5 Å². The molecule has 1 N–H and O–H groups in total. The van der Waals surface area contributed by atoms with Gasteiger partial charge in [0.15, 0.2) is 11.5 Å². The fourth-order valence-electron chi connectivity index (χ4n) is 1.86. The standard InChI is InChI=1S/C14H19NO3.ClH/c1-3-4-11-5-6-12-14(18-10-9-16-12)13(11)17-8-7-15-2;/h3,5-6,15H,1,4,7-10H2,2H3;1H. The monoisotopic (exact) mass is 285 g/mol. The molecule has 0 radical (unpaired) electrons. The SMILES string of the molecule is C=CCc1ccc2c(c1OCCNC)OCCO2.Cl. The Morgan fingerprint density at radius 1 is 1.37 bits per heavy atom. The predicted octanol–water partition coefficient (Wildman–Crippen LogP) is 2.21. The molecule has 0 saturated carbocycles. The van der Waals surface area contributed by atoms with Gasteiger partial charge < -0.3 is 19.5 Å². The highest BCUT2D eigenvalue weighted by atomic mass is 35.5. The lowest BCUT2D eigenvalue weighted by atomic mass is 10.1. The van der Waals surface area contributed by atoms with E-state index in [0.29, 0.717) is 19.8 Å². The van der Waals surface area contributed by atoms with Crippen LogP contribution in [-0.2, 0) is 6.42 Å². The summed E-state index contributed by atoms with van der Waals surface area (Å²) in [6, 6.07) is 3.93. The second-order valence-electron chi connectivity index (χ2n) is 4.02. The molecule has 19 heavy (non-hydrogen) atoms. The van der Waals surface area contributed by atoms with Crippen molar-refractivity contribution >= 4 is 12.4 Å². The first kappa shape index (κ1) is 15.7. The Labute approximate surface area is 120 Å². The van der Waals surface area contributed by atoms with Crippen LogP contribution in [0.25, 0.3) is 0 Å². The molecule has 1 heterocycles. The summed E-state index contributed by atoms with van der Waals surface area (Å²) in [6.45, 7) is 6.30. The van der Waals surface area contributed by atoms with E-state index < -0.39 is 0 Å². The first-order valence-electron chi connectivity index (χ1n) is 6.16. The van der Waals surface area contributed by atoms with E-state index in [2.05, 4.69) is 11.9 Å². The molecule has 0 unspecified atom stereocenters. The van der Waals surface area contributed by atoms with Gasteiger partial charge in [0, 0.05) is 12.1 Å². The highest BCUT2D eigenvalue weighted by Crippen LogP contribution is 2.42. The van der Waals surface area contributed by atoms with Crippen LogP contribution in [0.3, 0.4) is 0 Å². The first-order chi connectivity index (χ1) is 8.86. The van der Waals surface area contributed by atoms with E-state index in [-0.39, 0.29) is 12.4 Å². The van der Waals surface area contributed by atoms with E-state index in [1.807, 2.05) is 25.3 Å². The van der Waals surface area contributed by atoms with Crippen molar-refractivity contribution in [2.24, 2.45) is 0 Å². The van der Waals surface area contributed by atoms with E-state index in [1.54, 1.807) is 0 Å². The van der Waals surface area contributed by atoms with E-state index in [4.69, 9.17) is 14.2 Å². The van der Waals surface area contributed by atoms with Gasteiger partial charge in [0.05, 0.1) is 0 Å². The molecular formula is C14H20ClNO3. The van der Waals surface area contributed by atoms with E-state index in [1.165, 1.54) is 0 Å². The van der Waals surface area contributed by atoms with Crippen LogP contribution in [0.15, 0.2) is 24.8 Å². The maximum Gasteiger partial charge on any atom is 0.204 e. The van der Waals surface area contributed by atoms with Crippen molar-refractivity contribution < 1.29 is 14.2 Å². The number of halogens is 1. The zero-order valence-corrected chi connectivity index (χ0v) is 11.9. The van der Waals surface area contributed by atoms with Gasteiger partial charge in [-0.3, -0.25) is 0 Å². The molecule has 5 heteroatoms. The molecule has 1 aliphatic rings. The maximum atomic E-state index is 5.81. The Kier molecular flexibility index (Phi) is 6.53. The van der Waals surface area contributed by atoms with Crippen LogP contribution in [0, 0.1) is 0 Å². The van der Waals surface area contributed by atoms with Gasteiger partial charge in [-0.25, -0.2) is 0 Å². The Bertz CT molecular complexity index is 423. The molecule has 1 aromatic rings. The summed E-state index contributed by atoms with van der Waals surface area (Å²) < 4.78 is 17.0. The van der Waals surface area contributed by atoms with Crippen molar-refractivity contribution in [3.63, 3.8) is 0 Å². The summed E-state index contributed by atoms with van der Waals surface area (Å²) in [5.41, 5.74) is 1.07. The van der Waals surface area contributed by atoms with Gasteiger partial charge in [-0.2, -0.15) is 0 Å². The van der Waals surface area contributed by atoms with E-state index >= 15 is 0 Å². The zero-order chi connectivity index (χ0) is 12.8. The Balaban J connectivity index is 0.00000180. The molecule has 4 nitrogen and oxygen atoms in total. The van der Waals surface area contributed by atoms with Crippen LogP contribution in [0.4, 0.5) is 0 Å².